The van der Waals surface area contributed by atoms with Gasteiger partial charge >= 0.3 is 0 Å². The van der Waals surface area contributed by atoms with E-state index in [0.717, 1.165) is 29.7 Å². The number of carbonyl (C=O) groups is 1. The molecule has 0 aromatic heterocycles. The molecule has 178 valence electrons. The molecule has 0 saturated heterocycles. The van der Waals surface area contributed by atoms with Crippen molar-refractivity contribution in [2.75, 3.05) is 0 Å². The van der Waals surface area contributed by atoms with Crippen molar-refractivity contribution in [3.8, 4) is 0 Å². The average molecular weight is 446 g/mol. The summed E-state index contributed by atoms with van der Waals surface area (Å²) in [6.45, 7) is 14.7. The van der Waals surface area contributed by atoms with Crippen molar-refractivity contribution in [2.45, 2.75) is 100 Å². The number of carbonyl (C=O) groups excluding carboxylic acids is 1. The molecule has 1 saturated carbocycles. The van der Waals surface area contributed by atoms with Crippen LogP contribution in [0, 0.1) is 29.4 Å². The summed E-state index contributed by atoms with van der Waals surface area (Å²) >= 11 is 0. The van der Waals surface area contributed by atoms with Crippen LogP contribution < -0.4 is 0 Å². The molecule has 1 aromatic rings. The lowest BCUT2D eigenvalue weighted by Crippen LogP contribution is -2.25. The largest absolute Gasteiger partial charge is 0.300 e. The van der Waals surface area contributed by atoms with Crippen LogP contribution in [-0.4, -0.2) is 17.9 Å². The Morgan fingerprint density at radius 1 is 1.10 bits per heavy atom. The molecule has 31 heavy (non-hydrogen) atoms. The molecule has 0 N–H and O–H groups in total. The van der Waals surface area contributed by atoms with Gasteiger partial charge in [-0.1, -0.05) is 48.0 Å². The molecule has 0 amide bonds. The Hall–Kier alpha value is -1.72. The second-order valence-electron chi connectivity index (χ2n) is 9.63. The topological polar surface area (TPSA) is 29.4 Å². The number of alkyl halides is 2. The molecule has 1 fully saturated rings. The van der Waals surface area contributed by atoms with Crippen molar-refractivity contribution in [1.29, 1.82) is 0 Å². The smallest absolute Gasteiger partial charge is 0.244 e. The maximum absolute atomic E-state index is 12.9. The van der Waals surface area contributed by atoms with Crippen LogP contribution in [0.1, 0.15) is 92.6 Å². The standard InChI is InChI=1S/C11H13F2N.C8H14F2O.C6H12/c1-4-8(3)14-11-6-10(13)9(12)5-7(11)2;1-4-6(11)5-8(2,3)7(9)10;1-6(2)4-3-5-6/h5-6H,4H2,1-3H3;7H,4-5H2,1-3H3;3-5H2,1-2H3. The maximum atomic E-state index is 12.9. The van der Waals surface area contributed by atoms with E-state index < -0.39 is 23.5 Å². The van der Waals surface area contributed by atoms with E-state index in [0.29, 0.717) is 17.7 Å². The Balaban J connectivity index is 0.000000469. The Bertz CT molecular complexity index is 733. The molecule has 2 rings (SSSR count). The summed E-state index contributed by atoms with van der Waals surface area (Å²) in [5.41, 5.74) is 1.62. The molecule has 0 heterocycles. The zero-order chi connectivity index (χ0) is 24.4. The van der Waals surface area contributed by atoms with Gasteiger partial charge in [0.1, 0.15) is 5.78 Å². The van der Waals surface area contributed by atoms with Gasteiger partial charge in [0.15, 0.2) is 11.6 Å². The molecule has 1 aliphatic rings. The summed E-state index contributed by atoms with van der Waals surface area (Å²) in [5.74, 6) is -1.77. The van der Waals surface area contributed by atoms with Gasteiger partial charge in [0.05, 0.1) is 5.69 Å². The molecule has 1 aromatic carbocycles. The van der Waals surface area contributed by atoms with Crippen LogP contribution in [0.4, 0.5) is 23.2 Å². The molecule has 0 radical (unpaired) electrons. The van der Waals surface area contributed by atoms with Crippen LogP contribution in [0.15, 0.2) is 17.1 Å². The van der Waals surface area contributed by atoms with E-state index in [1.165, 1.54) is 33.1 Å². The monoisotopic (exact) mass is 445 g/mol. The van der Waals surface area contributed by atoms with E-state index in [9.17, 15) is 22.4 Å². The quantitative estimate of drug-likeness (QED) is 0.318. The molecule has 1 aliphatic carbocycles. The van der Waals surface area contributed by atoms with Gasteiger partial charge in [-0.3, -0.25) is 9.79 Å². The number of aryl methyl sites for hydroxylation is 1. The first-order chi connectivity index (χ1) is 14.1. The van der Waals surface area contributed by atoms with E-state index in [1.54, 1.807) is 13.8 Å². The van der Waals surface area contributed by atoms with Crippen molar-refractivity contribution in [1.82, 2.24) is 0 Å². The number of halogens is 4. The van der Waals surface area contributed by atoms with Crippen LogP contribution >= 0.6 is 0 Å². The second-order valence-corrected chi connectivity index (χ2v) is 9.63. The lowest BCUT2D eigenvalue weighted by molar-refractivity contribution is -0.123. The predicted octanol–water partition coefficient (Wildman–Crippen LogP) is 8.62. The minimum atomic E-state index is -2.42. The van der Waals surface area contributed by atoms with Crippen LogP contribution in [-0.2, 0) is 4.79 Å². The van der Waals surface area contributed by atoms with E-state index in [4.69, 9.17) is 0 Å². The van der Waals surface area contributed by atoms with E-state index >= 15 is 0 Å². The van der Waals surface area contributed by atoms with Gasteiger partial charge < -0.3 is 0 Å². The molecule has 0 atom stereocenters. The number of hydrogen-bond acceptors (Lipinski definition) is 2. The summed E-state index contributed by atoms with van der Waals surface area (Å²) in [7, 11) is 0. The molecular weight excluding hydrogens is 406 g/mol. The van der Waals surface area contributed by atoms with Crippen LogP contribution in [0.2, 0.25) is 0 Å². The third kappa shape index (κ3) is 11.5. The van der Waals surface area contributed by atoms with E-state index in [1.807, 2.05) is 13.8 Å². The molecule has 6 heteroatoms. The minimum absolute atomic E-state index is 0.0266. The Labute approximate surface area is 185 Å². The number of benzene rings is 1. The van der Waals surface area contributed by atoms with Gasteiger partial charge in [0.25, 0.3) is 0 Å². The van der Waals surface area contributed by atoms with Crippen molar-refractivity contribution in [3.63, 3.8) is 0 Å². The van der Waals surface area contributed by atoms with Crippen LogP contribution in [0.3, 0.4) is 0 Å². The van der Waals surface area contributed by atoms with Gasteiger partial charge in [-0.05, 0) is 50.2 Å². The first kappa shape index (κ1) is 29.3. The van der Waals surface area contributed by atoms with Gasteiger partial charge in [0, 0.05) is 30.0 Å². The number of hydrogen-bond donors (Lipinski definition) is 0. The first-order valence-electron chi connectivity index (χ1n) is 10.9. The highest BCUT2D eigenvalue weighted by molar-refractivity contribution is 5.84. The summed E-state index contributed by atoms with van der Waals surface area (Å²) in [6, 6.07) is 2.29. The third-order valence-electron chi connectivity index (χ3n) is 5.41. The first-order valence-corrected chi connectivity index (χ1v) is 10.9. The molecule has 0 aliphatic heterocycles. The Kier molecular flexibility index (Phi) is 12.3. The number of aliphatic imine (C=N–C) groups is 1. The number of ketones is 1. The summed E-state index contributed by atoms with van der Waals surface area (Å²) in [6.07, 6.45) is 3.07. The fourth-order valence-electron chi connectivity index (χ4n) is 2.64. The van der Waals surface area contributed by atoms with Crippen molar-refractivity contribution in [2.24, 2.45) is 15.8 Å². The fraction of sp³-hybridized carbons (Fsp3) is 0.680. The normalized spacial score (nSPS) is 15.3. The molecule has 0 bridgehead atoms. The second kappa shape index (κ2) is 13.0. The van der Waals surface area contributed by atoms with E-state index in [-0.39, 0.29) is 12.2 Å². The SMILES string of the molecule is CC1(C)CCC1.CCC(=O)CC(C)(C)C(F)F.CCC(C)=Nc1cc(F)c(F)cc1C. The lowest BCUT2D eigenvalue weighted by Gasteiger charge is -2.33. The third-order valence-corrected chi connectivity index (χ3v) is 5.41. The van der Waals surface area contributed by atoms with Crippen molar-refractivity contribution >= 4 is 17.2 Å². The van der Waals surface area contributed by atoms with Gasteiger partial charge in [-0.2, -0.15) is 0 Å². The molecular formula is C25H39F4NO. The van der Waals surface area contributed by atoms with Gasteiger partial charge in [-0.25, -0.2) is 17.6 Å². The van der Waals surface area contributed by atoms with Gasteiger partial charge in [0.2, 0.25) is 6.43 Å². The summed E-state index contributed by atoms with van der Waals surface area (Å²) in [4.78, 5) is 15.0. The number of rotatable bonds is 6. The maximum Gasteiger partial charge on any atom is 0.244 e. The molecule has 2 nitrogen and oxygen atoms in total. The summed E-state index contributed by atoms with van der Waals surface area (Å²) < 4.78 is 49.9. The van der Waals surface area contributed by atoms with Gasteiger partial charge in [-0.15, -0.1) is 0 Å². The Morgan fingerprint density at radius 3 is 1.94 bits per heavy atom. The molecule has 0 spiro atoms. The molecule has 0 unspecified atom stereocenters. The van der Waals surface area contributed by atoms with Crippen molar-refractivity contribution < 1.29 is 22.4 Å². The lowest BCUT2D eigenvalue weighted by atomic mass is 9.72. The zero-order valence-electron chi connectivity index (χ0n) is 20.3. The number of Topliss-reactive ketones (excluding diaryl/α,β-unsaturated/α-hetero) is 1. The highest BCUT2D eigenvalue weighted by Gasteiger charge is 2.31. The van der Waals surface area contributed by atoms with Crippen LogP contribution in [0.25, 0.3) is 0 Å². The van der Waals surface area contributed by atoms with Crippen molar-refractivity contribution in [3.05, 3.63) is 29.3 Å². The van der Waals surface area contributed by atoms with E-state index in [2.05, 4.69) is 18.8 Å². The highest BCUT2D eigenvalue weighted by Crippen LogP contribution is 2.39. The zero-order valence-corrected chi connectivity index (χ0v) is 20.3. The van der Waals surface area contributed by atoms with Crippen LogP contribution in [0.5, 0.6) is 0 Å². The fourth-order valence-corrected chi connectivity index (χ4v) is 2.64. The Morgan fingerprint density at radius 2 is 1.58 bits per heavy atom. The minimum Gasteiger partial charge on any atom is -0.300 e. The summed E-state index contributed by atoms with van der Waals surface area (Å²) in [5, 5.41) is 0. The number of nitrogens with zero attached hydrogens (tertiary/aromatic N) is 1. The highest BCUT2D eigenvalue weighted by atomic mass is 19.3. The predicted molar refractivity (Wildman–Crippen MR) is 121 cm³/mol. The average Bonchev–Trinajstić information content (AvgIpc) is 2.65.